The van der Waals surface area contributed by atoms with Crippen LogP contribution in [-0.2, 0) is 0 Å². The fourth-order valence-electron chi connectivity index (χ4n) is 1.23. The molecule has 0 unspecified atom stereocenters. The Hall–Kier alpha value is -0.610. The minimum absolute atomic E-state index is 0.0538. The number of aliphatic hydroxyl groups is 1. The zero-order valence-electron chi connectivity index (χ0n) is 9.29. The second-order valence-corrected chi connectivity index (χ2v) is 4.85. The van der Waals surface area contributed by atoms with Gasteiger partial charge in [0, 0.05) is 10.7 Å². The first-order valence-corrected chi connectivity index (χ1v) is 5.83. The van der Waals surface area contributed by atoms with E-state index in [1.807, 2.05) is 13.0 Å². The third-order valence-corrected chi connectivity index (χ3v) is 3.21. The van der Waals surface area contributed by atoms with Crippen molar-refractivity contribution in [3.05, 3.63) is 22.3 Å². The molecule has 1 aromatic rings. The number of aryl methyl sites for hydroxylation is 1. The lowest BCUT2D eigenvalue weighted by atomic mass is 10.1. The van der Waals surface area contributed by atoms with E-state index >= 15 is 0 Å². The number of hydrogen-bond acceptors (Lipinski definition) is 3. The summed E-state index contributed by atoms with van der Waals surface area (Å²) in [6.45, 7) is 6.27. The number of rotatable bonds is 4. The molecule has 0 aliphatic carbocycles. The molecule has 0 aliphatic rings. The number of aromatic nitrogens is 1. The SMILES string of the molecule is Cc1cc(N[C@@H](CO)C(C)C)ncc1Br. The van der Waals surface area contributed by atoms with E-state index in [9.17, 15) is 5.11 Å². The highest BCUT2D eigenvalue weighted by molar-refractivity contribution is 9.10. The third-order valence-electron chi connectivity index (χ3n) is 2.38. The van der Waals surface area contributed by atoms with Gasteiger partial charge in [0.15, 0.2) is 0 Å². The highest BCUT2D eigenvalue weighted by atomic mass is 79.9. The summed E-state index contributed by atoms with van der Waals surface area (Å²) in [7, 11) is 0. The summed E-state index contributed by atoms with van der Waals surface area (Å²) in [5.74, 6) is 1.18. The van der Waals surface area contributed by atoms with E-state index in [1.165, 1.54) is 0 Å². The first-order chi connectivity index (χ1) is 7.04. The molecule has 1 aromatic heterocycles. The monoisotopic (exact) mass is 272 g/mol. The second-order valence-electron chi connectivity index (χ2n) is 4.00. The summed E-state index contributed by atoms with van der Waals surface area (Å²) in [4.78, 5) is 4.24. The van der Waals surface area contributed by atoms with E-state index in [0.29, 0.717) is 5.92 Å². The Kier molecular flexibility index (Phi) is 4.54. The number of nitrogens with zero attached hydrogens (tertiary/aromatic N) is 1. The Balaban J connectivity index is 2.75. The quantitative estimate of drug-likeness (QED) is 0.886. The molecule has 4 heteroatoms. The standard InChI is InChI=1S/C11H17BrN2O/c1-7(2)10(6-15)14-11-4-8(3)9(12)5-13-11/h4-5,7,10,15H,6H2,1-3H3,(H,13,14)/t10-/m0/s1. The van der Waals surface area contributed by atoms with Crippen molar-refractivity contribution in [1.29, 1.82) is 0 Å². The van der Waals surface area contributed by atoms with Crippen LogP contribution in [0, 0.1) is 12.8 Å². The van der Waals surface area contributed by atoms with Gasteiger partial charge in [0.1, 0.15) is 5.82 Å². The molecule has 2 N–H and O–H groups in total. The van der Waals surface area contributed by atoms with Crippen LogP contribution in [0.4, 0.5) is 5.82 Å². The Labute approximate surface area is 99.1 Å². The minimum Gasteiger partial charge on any atom is -0.394 e. The minimum atomic E-state index is 0.0538. The van der Waals surface area contributed by atoms with Crippen LogP contribution in [-0.4, -0.2) is 22.7 Å². The normalized spacial score (nSPS) is 12.9. The van der Waals surface area contributed by atoms with Gasteiger partial charge in [-0.3, -0.25) is 0 Å². The van der Waals surface area contributed by atoms with Crippen molar-refractivity contribution in [2.45, 2.75) is 26.8 Å². The Morgan fingerprint density at radius 1 is 1.53 bits per heavy atom. The van der Waals surface area contributed by atoms with Crippen molar-refractivity contribution >= 4 is 21.7 Å². The zero-order valence-corrected chi connectivity index (χ0v) is 10.9. The summed E-state index contributed by atoms with van der Waals surface area (Å²) in [6.07, 6.45) is 1.77. The van der Waals surface area contributed by atoms with Crippen LogP contribution in [0.15, 0.2) is 16.7 Å². The summed E-state index contributed by atoms with van der Waals surface area (Å²) in [5, 5.41) is 12.4. The Bertz CT molecular complexity index is 328. The highest BCUT2D eigenvalue weighted by Crippen LogP contribution is 2.18. The lowest BCUT2D eigenvalue weighted by Gasteiger charge is -2.20. The van der Waals surface area contributed by atoms with Crippen LogP contribution in [0.3, 0.4) is 0 Å². The zero-order chi connectivity index (χ0) is 11.4. The van der Waals surface area contributed by atoms with Crippen molar-refractivity contribution in [2.24, 2.45) is 5.92 Å². The molecular weight excluding hydrogens is 256 g/mol. The maximum absolute atomic E-state index is 9.18. The Morgan fingerprint density at radius 2 is 2.20 bits per heavy atom. The summed E-state index contributed by atoms with van der Waals surface area (Å²) in [6, 6.07) is 2.02. The van der Waals surface area contributed by atoms with E-state index in [0.717, 1.165) is 15.9 Å². The fourth-order valence-corrected chi connectivity index (χ4v) is 1.45. The molecule has 1 atom stereocenters. The van der Waals surface area contributed by atoms with E-state index in [2.05, 4.69) is 40.1 Å². The van der Waals surface area contributed by atoms with Gasteiger partial charge < -0.3 is 10.4 Å². The van der Waals surface area contributed by atoms with Crippen LogP contribution >= 0.6 is 15.9 Å². The van der Waals surface area contributed by atoms with E-state index < -0.39 is 0 Å². The number of hydrogen-bond donors (Lipinski definition) is 2. The van der Waals surface area contributed by atoms with Crippen molar-refractivity contribution in [2.75, 3.05) is 11.9 Å². The van der Waals surface area contributed by atoms with Crippen LogP contribution in [0.5, 0.6) is 0 Å². The predicted octanol–water partition coefficient (Wildman–Crippen LogP) is 2.58. The average Bonchev–Trinajstić information content (AvgIpc) is 2.19. The molecule has 0 spiro atoms. The smallest absolute Gasteiger partial charge is 0.126 e. The number of anilines is 1. The van der Waals surface area contributed by atoms with Gasteiger partial charge in [0.2, 0.25) is 0 Å². The molecule has 0 aliphatic heterocycles. The highest BCUT2D eigenvalue weighted by Gasteiger charge is 2.12. The number of aliphatic hydroxyl groups excluding tert-OH is 1. The van der Waals surface area contributed by atoms with E-state index in [4.69, 9.17) is 0 Å². The van der Waals surface area contributed by atoms with Gasteiger partial charge in [-0.2, -0.15) is 0 Å². The molecule has 0 bridgehead atoms. The molecule has 0 fully saturated rings. The van der Waals surface area contributed by atoms with Crippen LogP contribution in [0.25, 0.3) is 0 Å². The summed E-state index contributed by atoms with van der Waals surface area (Å²) in [5.41, 5.74) is 1.13. The predicted molar refractivity (Wildman–Crippen MR) is 66.0 cm³/mol. The number of halogens is 1. The number of pyridine rings is 1. The van der Waals surface area contributed by atoms with Gasteiger partial charge in [0.05, 0.1) is 12.6 Å². The largest absolute Gasteiger partial charge is 0.394 e. The maximum atomic E-state index is 9.18. The molecule has 0 aromatic carbocycles. The van der Waals surface area contributed by atoms with Crippen molar-refractivity contribution < 1.29 is 5.11 Å². The van der Waals surface area contributed by atoms with Gasteiger partial charge in [0.25, 0.3) is 0 Å². The Morgan fingerprint density at radius 3 is 2.67 bits per heavy atom. The lowest BCUT2D eigenvalue weighted by molar-refractivity contribution is 0.249. The second kappa shape index (κ2) is 5.47. The first-order valence-electron chi connectivity index (χ1n) is 5.04. The van der Waals surface area contributed by atoms with Gasteiger partial charge >= 0.3 is 0 Å². The van der Waals surface area contributed by atoms with Crippen molar-refractivity contribution in [1.82, 2.24) is 4.98 Å². The van der Waals surface area contributed by atoms with Crippen LogP contribution < -0.4 is 5.32 Å². The third kappa shape index (κ3) is 3.47. The molecule has 0 radical (unpaired) electrons. The summed E-state index contributed by atoms with van der Waals surface area (Å²) >= 11 is 3.40. The molecule has 0 saturated heterocycles. The van der Waals surface area contributed by atoms with Gasteiger partial charge in [-0.15, -0.1) is 0 Å². The molecule has 1 heterocycles. The average molecular weight is 273 g/mol. The molecule has 15 heavy (non-hydrogen) atoms. The van der Waals surface area contributed by atoms with Crippen molar-refractivity contribution in [3.8, 4) is 0 Å². The lowest BCUT2D eigenvalue weighted by Crippen LogP contribution is -2.29. The van der Waals surface area contributed by atoms with Gasteiger partial charge in [-0.1, -0.05) is 13.8 Å². The molecule has 0 amide bonds. The summed E-state index contributed by atoms with van der Waals surface area (Å²) < 4.78 is 0.998. The van der Waals surface area contributed by atoms with Crippen LogP contribution in [0.2, 0.25) is 0 Å². The molecule has 84 valence electrons. The molecule has 3 nitrogen and oxygen atoms in total. The van der Waals surface area contributed by atoms with Gasteiger partial charge in [-0.05, 0) is 40.4 Å². The first kappa shape index (κ1) is 12.5. The van der Waals surface area contributed by atoms with Gasteiger partial charge in [-0.25, -0.2) is 4.98 Å². The topological polar surface area (TPSA) is 45.1 Å². The van der Waals surface area contributed by atoms with E-state index in [-0.39, 0.29) is 12.6 Å². The molecule has 0 saturated carbocycles. The van der Waals surface area contributed by atoms with Crippen molar-refractivity contribution in [3.63, 3.8) is 0 Å². The maximum Gasteiger partial charge on any atom is 0.126 e. The van der Waals surface area contributed by atoms with E-state index in [1.54, 1.807) is 6.20 Å². The van der Waals surface area contributed by atoms with Crippen LogP contribution in [0.1, 0.15) is 19.4 Å². The molecular formula is C11H17BrN2O. The fraction of sp³-hybridized carbons (Fsp3) is 0.545. The number of nitrogens with one attached hydrogen (secondary N) is 1. The molecule has 1 rings (SSSR count).